The molecule has 0 spiro atoms. The summed E-state index contributed by atoms with van der Waals surface area (Å²) in [4.78, 5) is 22.5. The molecule has 0 aromatic carbocycles. The Hall–Kier alpha value is -2.00. The lowest BCUT2D eigenvalue weighted by molar-refractivity contribution is -0.153. The average Bonchev–Trinajstić information content (AvgIpc) is 3.16. The molecule has 0 amide bonds. The van der Waals surface area contributed by atoms with Crippen molar-refractivity contribution in [1.29, 1.82) is 0 Å². The van der Waals surface area contributed by atoms with Gasteiger partial charge in [-0.2, -0.15) is 0 Å². The first-order valence-corrected chi connectivity index (χ1v) is 22.8. The number of carbonyl (C=O) groups is 1. The fourth-order valence-corrected chi connectivity index (χ4v) is 6.27. The van der Waals surface area contributed by atoms with Crippen LogP contribution < -0.4 is 0 Å². The first kappa shape index (κ1) is 52.0. The molecule has 3 N–H and O–H groups in total. The second-order valence-corrected chi connectivity index (χ2v) is 15.5. The van der Waals surface area contributed by atoms with Crippen LogP contribution in [0, 0.1) is 0 Å². The largest absolute Gasteiger partial charge is 0.498 e. The van der Waals surface area contributed by atoms with Crippen molar-refractivity contribution in [3.05, 3.63) is 60.9 Å². The molecule has 0 aliphatic carbocycles. The fraction of sp³-hybridized carbons (Fsp3) is 0.750. The minimum atomic E-state index is -4.54. The summed E-state index contributed by atoms with van der Waals surface area (Å²) < 4.78 is 33.1. The molecule has 10 heteroatoms. The summed E-state index contributed by atoms with van der Waals surface area (Å²) in [5.41, 5.74) is 0. The molecule has 54 heavy (non-hydrogen) atoms. The number of aliphatic hydroxyl groups excluding tert-OH is 2. The maximum atomic E-state index is 12.6. The van der Waals surface area contributed by atoms with Crippen LogP contribution in [0.3, 0.4) is 0 Å². The molecule has 0 bridgehead atoms. The van der Waals surface area contributed by atoms with Crippen molar-refractivity contribution in [3.8, 4) is 0 Å². The highest BCUT2D eigenvalue weighted by Gasteiger charge is 2.26. The van der Waals surface area contributed by atoms with Crippen LogP contribution in [0.5, 0.6) is 0 Å². The molecule has 314 valence electrons. The Morgan fingerprint density at radius 3 is 1.54 bits per heavy atom. The van der Waals surface area contributed by atoms with E-state index in [2.05, 4.69) is 62.5 Å². The lowest BCUT2D eigenvalue weighted by Gasteiger charge is -2.20. The highest BCUT2D eigenvalue weighted by Crippen LogP contribution is 2.43. The topological polar surface area (TPSA) is 132 Å². The standard InChI is InChI=1S/C44H79O9P/c1-3-5-7-9-11-13-15-17-19-20-21-22-23-24-26-28-30-32-34-36-44(47)53-43(41-52-54(48,49)51-39-42(46)38-45)40-50-37-35-33-31-29-27-25-18-16-14-12-10-8-6-4-2/h11,13,17,19,21-22,24,26,35,37,42-43,45-46H,3-10,12,14-16,18,20,23,25,27-34,36,38-41H2,1-2H3,(H,48,49)/b13-11-,19-17-,22-21-,26-24-,37-35-/t42-,43+/m0/s1. The molecule has 0 fully saturated rings. The summed E-state index contributed by atoms with van der Waals surface area (Å²) in [7, 11) is -4.54. The summed E-state index contributed by atoms with van der Waals surface area (Å²) in [6.07, 6.45) is 46.9. The zero-order valence-corrected chi connectivity index (χ0v) is 35.1. The van der Waals surface area contributed by atoms with Gasteiger partial charge >= 0.3 is 13.8 Å². The van der Waals surface area contributed by atoms with E-state index in [1.807, 2.05) is 6.08 Å². The second kappa shape index (κ2) is 40.7. The van der Waals surface area contributed by atoms with Gasteiger partial charge in [0, 0.05) is 6.42 Å². The highest BCUT2D eigenvalue weighted by molar-refractivity contribution is 7.47. The lowest BCUT2D eigenvalue weighted by Crippen LogP contribution is -2.28. The van der Waals surface area contributed by atoms with Crippen LogP contribution in [0.2, 0.25) is 0 Å². The quantitative estimate of drug-likeness (QED) is 0.0183. The number of phosphoric acid groups is 1. The van der Waals surface area contributed by atoms with E-state index in [1.54, 1.807) is 6.26 Å². The van der Waals surface area contributed by atoms with Gasteiger partial charge in [-0.1, -0.05) is 152 Å². The van der Waals surface area contributed by atoms with Crippen molar-refractivity contribution < 1.29 is 43.0 Å². The van der Waals surface area contributed by atoms with Gasteiger partial charge in [0.1, 0.15) is 12.7 Å². The van der Waals surface area contributed by atoms with Gasteiger partial charge in [-0.25, -0.2) is 4.57 Å². The van der Waals surface area contributed by atoms with E-state index < -0.39 is 45.8 Å². The van der Waals surface area contributed by atoms with E-state index in [0.717, 1.165) is 51.4 Å². The van der Waals surface area contributed by atoms with E-state index in [-0.39, 0.29) is 13.0 Å². The number of esters is 1. The van der Waals surface area contributed by atoms with E-state index in [0.29, 0.717) is 6.42 Å². The molecule has 0 rings (SSSR count). The van der Waals surface area contributed by atoms with Crippen molar-refractivity contribution in [2.45, 2.75) is 187 Å². The maximum Gasteiger partial charge on any atom is 0.472 e. The van der Waals surface area contributed by atoms with Crippen LogP contribution in [-0.2, 0) is 27.9 Å². The average molecular weight is 783 g/mol. The van der Waals surface area contributed by atoms with Gasteiger partial charge in [0.25, 0.3) is 0 Å². The van der Waals surface area contributed by atoms with E-state index in [1.165, 1.54) is 96.3 Å². The number of unbranched alkanes of at least 4 members (excludes halogenated alkanes) is 18. The third kappa shape index (κ3) is 39.7. The molecule has 1 unspecified atom stereocenters. The van der Waals surface area contributed by atoms with Gasteiger partial charge in [-0.3, -0.25) is 13.8 Å². The van der Waals surface area contributed by atoms with E-state index in [4.69, 9.17) is 23.6 Å². The first-order valence-electron chi connectivity index (χ1n) is 21.3. The third-order valence-corrected chi connectivity index (χ3v) is 9.72. The number of phosphoric ester groups is 1. The van der Waals surface area contributed by atoms with Crippen LogP contribution in [0.4, 0.5) is 0 Å². The predicted molar refractivity (Wildman–Crippen MR) is 223 cm³/mol. The summed E-state index contributed by atoms with van der Waals surface area (Å²) >= 11 is 0. The molecule has 9 nitrogen and oxygen atoms in total. The van der Waals surface area contributed by atoms with Crippen molar-refractivity contribution in [2.75, 3.05) is 26.4 Å². The van der Waals surface area contributed by atoms with Gasteiger partial charge in [-0.05, 0) is 70.3 Å². The third-order valence-electron chi connectivity index (χ3n) is 8.77. The Bertz CT molecular complexity index is 1020. The molecule has 0 aliphatic heterocycles. The normalized spacial score (nSPS) is 14.6. The minimum absolute atomic E-state index is 0.0496. The van der Waals surface area contributed by atoms with Gasteiger partial charge in [0.15, 0.2) is 6.10 Å². The maximum absolute atomic E-state index is 12.6. The minimum Gasteiger partial charge on any atom is -0.498 e. The molecular weight excluding hydrogens is 703 g/mol. The van der Waals surface area contributed by atoms with Crippen molar-refractivity contribution >= 4 is 13.8 Å². The first-order chi connectivity index (χ1) is 26.3. The van der Waals surface area contributed by atoms with Gasteiger partial charge < -0.3 is 24.6 Å². The molecule has 0 aliphatic rings. The molecule has 0 saturated carbocycles. The highest BCUT2D eigenvalue weighted by atomic mass is 31.2. The summed E-state index contributed by atoms with van der Waals surface area (Å²) in [6.45, 7) is 2.81. The smallest absolute Gasteiger partial charge is 0.472 e. The number of allylic oxidation sites excluding steroid dienone is 9. The van der Waals surface area contributed by atoms with Gasteiger partial charge in [0.2, 0.25) is 0 Å². The Balaban J connectivity index is 4.31. The summed E-state index contributed by atoms with van der Waals surface area (Å²) in [5.74, 6) is -0.435. The molecular formula is C44H79O9P. The zero-order chi connectivity index (χ0) is 39.6. The summed E-state index contributed by atoms with van der Waals surface area (Å²) in [6, 6.07) is 0. The fourth-order valence-electron chi connectivity index (χ4n) is 5.48. The number of ether oxygens (including phenoxy) is 2. The van der Waals surface area contributed by atoms with Gasteiger partial charge in [-0.15, -0.1) is 0 Å². The van der Waals surface area contributed by atoms with Crippen LogP contribution in [0.15, 0.2) is 60.9 Å². The van der Waals surface area contributed by atoms with E-state index >= 15 is 0 Å². The molecule has 0 heterocycles. The van der Waals surface area contributed by atoms with Crippen molar-refractivity contribution in [1.82, 2.24) is 0 Å². The van der Waals surface area contributed by atoms with Crippen molar-refractivity contribution in [2.24, 2.45) is 0 Å². The Morgan fingerprint density at radius 1 is 0.574 bits per heavy atom. The number of rotatable bonds is 40. The van der Waals surface area contributed by atoms with Crippen LogP contribution in [0.25, 0.3) is 0 Å². The number of hydrogen-bond acceptors (Lipinski definition) is 8. The number of carbonyl (C=O) groups excluding carboxylic acids is 1. The second-order valence-electron chi connectivity index (χ2n) is 14.1. The number of hydrogen-bond donors (Lipinski definition) is 3. The van der Waals surface area contributed by atoms with Crippen LogP contribution >= 0.6 is 7.82 Å². The number of aliphatic hydroxyl groups is 2. The van der Waals surface area contributed by atoms with Crippen LogP contribution in [0.1, 0.15) is 174 Å². The zero-order valence-electron chi connectivity index (χ0n) is 34.2. The molecule has 0 aromatic rings. The molecule has 3 atom stereocenters. The van der Waals surface area contributed by atoms with Crippen molar-refractivity contribution in [3.63, 3.8) is 0 Å². The Labute approximate surface area is 330 Å². The SMILES string of the molecule is CCCCC/C=C\C/C=C\C/C=C\C/C=C\CCCCCC(=O)O[C@H](CO/C=C\CCCCCCCCCCCCCC)COP(=O)(O)OC[C@@H](O)CO. The molecule has 0 radical (unpaired) electrons. The molecule has 0 saturated heterocycles. The van der Waals surface area contributed by atoms with E-state index in [9.17, 15) is 19.4 Å². The molecule has 0 aromatic heterocycles. The predicted octanol–water partition coefficient (Wildman–Crippen LogP) is 11.9. The lowest BCUT2D eigenvalue weighted by atomic mass is 10.0. The van der Waals surface area contributed by atoms with Crippen LogP contribution in [-0.4, -0.2) is 59.7 Å². The van der Waals surface area contributed by atoms with Gasteiger partial charge in [0.05, 0.1) is 26.1 Å². The Morgan fingerprint density at radius 2 is 1.00 bits per heavy atom. The summed E-state index contributed by atoms with van der Waals surface area (Å²) in [5, 5.41) is 18.3. The Kier molecular flexibility index (Phi) is 39.2. The monoisotopic (exact) mass is 783 g/mol.